The SMILES string of the molecule is Cc1ccc(C(C)C)c(O[C@H](C)C(=O)NCc2ccc(N3CCC[C@@H](C)C3)cc2)c1. The number of anilines is 1. The lowest BCUT2D eigenvalue weighted by Crippen LogP contribution is -2.36. The summed E-state index contributed by atoms with van der Waals surface area (Å²) in [6, 6.07) is 14.7. The molecule has 0 aromatic heterocycles. The first kappa shape index (κ1) is 22.2. The van der Waals surface area contributed by atoms with E-state index in [2.05, 4.69) is 67.4 Å². The molecule has 1 saturated heterocycles. The van der Waals surface area contributed by atoms with Gasteiger partial charge >= 0.3 is 0 Å². The number of nitrogens with zero attached hydrogens (tertiary/aromatic N) is 1. The molecule has 4 heteroatoms. The number of amides is 1. The Morgan fingerprint density at radius 1 is 1.17 bits per heavy atom. The van der Waals surface area contributed by atoms with Crippen LogP contribution < -0.4 is 15.0 Å². The van der Waals surface area contributed by atoms with E-state index in [9.17, 15) is 4.79 Å². The molecule has 1 heterocycles. The molecule has 0 saturated carbocycles. The topological polar surface area (TPSA) is 41.6 Å². The van der Waals surface area contributed by atoms with Crippen molar-refractivity contribution in [1.82, 2.24) is 5.32 Å². The molecule has 2 aromatic carbocycles. The Labute approximate surface area is 181 Å². The summed E-state index contributed by atoms with van der Waals surface area (Å²) in [6.07, 6.45) is 2.04. The monoisotopic (exact) mass is 408 g/mol. The van der Waals surface area contributed by atoms with E-state index in [-0.39, 0.29) is 5.91 Å². The van der Waals surface area contributed by atoms with Gasteiger partial charge in [-0.2, -0.15) is 0 Å². The second-order valence-corrected chi connectivity index (χ2v) is 9.03. The second-order valence-electron chi connectivity index (χ2n) is 9.03. The summed E-state index contributed by atoms with van der Waals surface area (Å²) in [5.74, 6) is 1.80. The Morgan fingerprint density at radius 2 is 1.90 bits per heavy atom. The molecule has 1 N–H and O–H groups in total. The molecule has 162 valence electrons. The third kappa shape index (κ3) is 5.78. The van der Waals surface area contributed by atoms with Crippen molar-refractivity contribution in [3.05, 3.63) is 59.2 Å². The molecule has 3 rings (SSSR count). The van der Waals surface area contributed by atoms with Gasteiger partial charge in [0, 0.05) is 25.3 Å². The highest BCUT2D eigenvalue weighted by Gasteiger charge is 2.18. The lowest BCUT2D eigenvalue weighted by atomic mass is 9.99. The Morgan fingerprint density at radius 3 is 2.57 bits per heavy atom. The van der Waals surface area contributed by atoms with Crippen molar-refractivity contribution >= 4 is 11.6 Å². The summed E-state index contributed by atoms with van der Waals surface area (Å²) in [5, 5.41) is 3.01. The van der Waals surface area contributed by atoms with Gasteiger partial charge in [0.15, 0.2) is 6.10 Å². The maximum absolute atomic E-state index is 12.6. The van der Waals surface area contributed by atoms with Crippen LogP contribution in [0, 0.1) is 12.8 Å². The highest BCUT2D eigenvalue weighted by molar-refractivity contribution is 5.80. The zero-order valence-corrected chi connectivity index (χ0v) is 19.1. The van der Waals surface area contributed by atoms with Crippen LogP contribution >= 0.6 is 0 Å². The van der Waals surface area contributed by atoms with Gasteiger partial charge in [0.25, 0.3) is 5.91 Å². The number of rotatable bonds is 7. The average molecular weight is 409 g/mol. The van der Waals surface area contributed by atoms with E-state index < -0.39 is 6.10 Å². The first-order valence-corrected chi connectivity index (χ1v) is 11.2. The van der Waals surface area contributed by atoms with Crippen LogP contribution in [-0.4, -0.2) is 25.1 Å². The van der Waals surface area contributed by atoms with Crippen LogP contribution in [0.15, 0.2) is 42.5 Å². The summed E-state index contributed by atoms with van der Waals surface area (Å²) in [7, 11) is 0. The molecule has 2 aromatic rings. The lowest BCUT2D eigenvalue weighted by molar-refractivity contribution is -0.127. The smallest absolute Gasteiger partial charge is 0.261 e. The molecular weight excluding hydrogens is 372 g/mol. The summed E-state index contributed by atoms with van der Waals surface area (Å²) in [4.78, 5) is 15.1. The number of nitrogens with one attached hydrogen (secondary N) is 1. The molecule has 1 fully saturated rings. The van der Waals surface area contributed by atoms with Crippen LogP contribution in [0.1, 0.15) is 63.1 Å². The molecule has 30 heavy (non-hydrogen) atoms. The van der Waals surface area contributed by atoms with Gasteiger partial charge < -0.3 is 15.0 Å². The van der Waals surface area contributed by atoms with Gasteiger partial charge in [0.05, 0.1) is 0 Å². The summed E-state index contributed by atoms with van der Waals surface area (Å²) < 4.78 is 6.03. The molecule has 0 aliphatic carbocycles. The van der Waals surface area contributed by atoms with E-state index in [0.29, 0.717) is 12.5 Å². The van der Waals surface area contributed by atoms with E-state index in [1.807, 2.05) is 19.9 Å². The fraction of sp³-hybridized carbons (Fsp3) is 0.500. The fourth-order valence-electron chi connectivity index (χ4n) is 4.05. The number of carbonyl (C=O) groups is 1. The van der Waals surface area contributed by atoms with Gasteiger partial charge in [-0.05, 0) is 73.4 Å². The highest BCUT2D eigenvalue weighted by atomic mass is 16.5. The Hall–Kier alpha value is -2.49. The van der Waals surface area contributed by atoms with Crippen molar-refractivity contribution in [2.24, 2.45) is 5.92 Å². The maximum atomic E-state index is 12.6. The van der Waals surface area contributed by atoms with Crippen LogP contribution in [0.3, 0.4) is 0 Å². The second kappa shape index (κ2) is 10.0. The number of piperidine rings is 1. The van der Waals surface area contributed by atoms with Crippen molar-refractivity contribution in [2.75, 3.05) is 18.0 Å². The number of hydrogen-bond acceptors (Lipinski definition) is 3. The van der Waals surface area contributed by atoms with Crippen molar-refractivity contribution in [1.29, 1.82) is 0 Å². The predicted octanol–water partition coefficient (Wildman–Crippen LogP) is 5.44. The highest BCUT2D eigenvalue weighted by Crippen LogP contribution is 2.28. The first-order chi connectivity index (χ1) is 14.3. The molecule has 0 bridgehead atoms. The van der Waals surface area contributed by atoms with Crippen molar-refractivity contribution < 1.29 is 9.53 Å². The van der Waals surface area contributed by atoms with E-state index in [0.717, 1.165) is 41.4 Å². The number of hydrogen-bond donors (Lipinski definition) is 1. The summed E-state index contributed by atoms with van der Waals surface area (Å²) in [6.45, 7) is 13.2. The minimum atomic E-state index is -0.543. The molecule has 2 atom stereocenters. The molecule has 0 unspecified atom stereocenters. The van der Waals surface area contributed by atoms with E-state index in [1.165, 1.54) is 18.5 Å². The largest absolute Gasteiger partial charge is 0.481 e. The Bertz CT molecular complexity index is 845. The van der Waals surface area contributed by atoms with Crippen LogP contribution in [0.2, 0.25) is 0 Å². The molecular formula is C26H36N2O2. The first-order valence-electron chi connectivity index (χ1n) is 11.2. The zero-order valence-electron chi connectivity index (χ0n) is 19.1. The van der Waals surface area contributed by atoms with Gasteiger partial charge in [-0.3, -0.25) is 4.79 Å². The summed E-state index contributed by atoms with van der Waals surface area (Å²) >= 11 is 0. The Kier molecular flexibility index (Phi) is 7.41. The van der Waals surface area contributed by atoms with Gasteiger partial charge in [-0.1, -0.05) is 45.0 Å². The Balaban J connectivity index is 1.54. The molecule has 1 aliphatic rings. The number of ether oxygens (including phenoxy) is 1. The summed E-state index contributed by atoms with van der Waals surface area (Å²) in [5.41, 5.74) is 4.63. The molecule has 1 aliphatic heterocycles. The third-order valence-electron chi connectivity index (χ3n) is 5.89. The van der Waals surface area contributed by atoms with Crippen LogP contribution in [0.5, 0.6) is 5.75 Å². The van der Waals surface area contributed by atoms with E-state index in [4.69, 9.17) is 4.74 Å². The quantitative estimate of drug-likeness (QED) is 0.663. The lowest BCUT2D eigenvalue weighted by Gasteiger charge is -2.32. The number of carbonyl (C=O) groups excluding carboxylic acids is 1. The fourth-order valence-corrected chi connectivity index (χ4v) is 4.05. The van der Waals surface area contributed by atoms with Crippen LogP contribution in [0.4, 0.5) is 5.69 Å². The third-order valence-corrected chi connectivity index (χ3v) is 5.89. The van der Waals surface area contributed by atoms with E-state index >= 15 is 0 Å². The molecule has 1 amide bonds. The van der Waals surface area contributed by atoms with Crippen LogP contribution in [-0.2, 0) is 11.3 Å². The van der Waals surface area contributed by atoms with Gasteiger partial charge in [-0.25, -0.2) is 0 Å². The number of aryl methyl sites for hydroxylation is 1. The molecule has 0 radical (unpaired) electrons. The minimum absolute atomic E-state index is 0.0971. The number of benzene rings is 2. The van der Waals surface area contributed by atoms with E-state index in [1.54, 1.807) is 0 Å². The molecule has 0 spiro atoms. The van der Waals surface area contributed by atoms with Crippen molar-refractivity contribution in [3.8, 4) is 5.75 Å². The van der Waals surface area contributed by atoms with Crippen molar-refractivity contribution in [3.63, 3.8) is 0 Å². The minimum Gasteiger partial charge on any atom is -0.481 e. The normalized spacial score (nSPS) is 17.7. The van der Waals surface area contributed by atoms with Gasteiger partial charge in [0.1, 0.15) is 5.75 Å². The zero-order chi connectivity index (χ0) is 21.7. The average Bonchev–Trinajstić information content (AvgIpc) is 2.72. The standard InChI is InChI=1S/C26H36N2O2/c1-18(2)24-13-8-19(3)15-25(24)30-21(5)26(29)27-16-22-9-11-23(12-10-22)28-14-6-7-20(4)17-28/h8-13,15,18,20-21H,6-7,14,16-17H2,1-5H3,(H,27,29)/t20-,21-/m1/s1. The maximum Gasteiger partial charge on any atom is 0.261 e. The van der Waals surface area contributed by atoms with Gasteiger partial charge in [0.2, 0.25) is 0 Å². The van der Waals surface area contributed by atoms with Crippen molar-refractivity contribution in [2.45, 2.75) is 66.0 Å². The van der Waals surface area contributed by atoms with Crippen LogP contribution in [0.25, 0.3) is 0 Å². The predicted molar refractivity (Wildman–Crippen MR) is 124 cm³/mol. The van der Waals surface area contributed by atoms with Gasteiger partial charge in [-0.15, -0.1) is 0 Å². The molecule has 4 nitrogen and oxygen atoms in total.